The molecular weight excluding hydrogens is 496 g/mol. The number of hydrogen-bond donors (Lipinski definition) is 0. The van der Waals surface area contributed by atoms with Crippen molar-refractivity contribution < 1.29 is 28.3 Å². The van der Waals surface area contributed by atoms with Crippen LogP contribution >= 0.6 is 23.2 Å². The summed E-state index contributed by atoms with van der Waals surface area (Å²) in [5.74, 6) is -6.38. The van der Waals surface area contributed by atoms with Crippen molar-refractivity contribution in [2.24, 2.45) is 11.8 Å². The highest BCUT2D eigenvalue weighted by atomic mass is 35.5. The Morgan fingerprint density at radius 1 is 0.800 bits per heavy atom. The van der Waals surface area contributed by atoms with Gasteiger partial charge in [0.2, 0.25) is 0 Å². The molecule has 1 spiro atoms. The summed E-state index contributed by atoms with van der Waals surface area (Å²) in [7, 11) is 0. The molecule has 35 heavy (non-hydrogen) atoms. The summed E-state index contributed by atoms with van der Waals surface area (Å²) in [5.41, 5.74) is -1.28. The van der Waals surface area contributed by atoms with Crippen LogP contribution in [0.25, 0.3) is 0 Å². The molecule has 0 unspecified atom stereocenters. The molecule has 0 N–H and O–H groups in total. The Morgan fingerprint density at radius 2 is 1.49 bits per heavy atom. The predicted octanol–water partition coefficient (Wildman–Crippen LogP) is 4.83. The largest absolute Gasteiger partial charge is 0.393 e. The van der Waals surface area contributed by atoms with Crippen molar-refractivity contribution in [3.63, 3.8) is 0 Å². The maximum atomic E-state index is 14.3. The van der Waals surface area contributed by atoms with Gasteiger partial charge in [0, 0.05) is 16.8 Å². The number of ketones is 2. The van der Waals surface area contributed by atoms with Crippen molar-refractivity contribution in [1.29, 1.82) is 0 Å². The molecule has 2 heterocycles. The van der Waals surface area contributed by atoms with Crippen molar-refractivity contribution in [3.8, 4) is 0 Å². The minimum Gasteiger partial charge on any atom is -0.393 e. The number of fused-ring (bicyclic) bond motifs is 3. The standard InChI is InChI=1S/C26H14Cl2FNO5/c27-17-9-8-14(11-18(17)28)30-21(12-4-3-5-13(29)10-12)19-20(25(34)35-24(19)33)26(30)22(31)15-6-1-2-7-16(15)23(26)32/h1-11,19-21H/t19-,20-,21-/m1/s1. The van der Waals surface area contributed by atoms with Crippen LogP contribution < -0.4 is 4.90 Å². The van der Waals surface area contributed by atoms with E-state index in [0.717, 1.165) is 0 Å². The fourth-order valence-electron chi connectivity index (χ4n) is 5.73. The Labute approximate surface area is 208 Å². The molecule has 1 aliphatic carbocycles. The molecule has 6 rings (SSSR count). The molecule has 9 heteroatoms. The number of hydrogen-bond acceptors (Lipinski definition) is 6. The van der Waals surface area contributed by atoms with Gasteiger partial charge in [-0.25, -0.2) is 4.39 Å². The third-order valence-electron chi connectivity index (χ3n) is 7.02. The lowest BCUT2D eigenvalue weighted by atomic mass is 9.76. The molecule has 174 valence electrons. The number of carbonyl (C=O) groups excluding carboxylic acids is 4. The molecule has 0 saturated carbocycles. The van der Waals surface area contributed by atoms with Crippen LogP contribution in [0.5, 0.6) is 0 Å². The molecule has 6 nitrogen and oxygen atoms in total. The van der Waals surface area contributed by atoms with Gasteiger partial charge in [-0.3, -0.25) is 19.2 Å². The predicted molar refractivity (Wildman–Crippen MR) is 124 cm³/mol. The Balaban J connectivity index is 1.70. The zero-order valence-electron chi connectivity index (χ0n) is 17.7. The van der Waals surface area contributed by atoms with E-state index >= 15 is 0 Å². The maximum Gasteiger partial charge on any atom is 0.320 e. The zero-order chi connectivity index (χ0) is 24.6. The Hall–Kier alpha value is -3.55. The SMILES string of the molecule is O=C1OC(=O)[C@H]2[C@@H]1[C@@H](c1cccc(F)c1)N(c1ccc(Cl)c(Cl)c1)C21C(=O)c2ccccc2C1=O. The van der Waals surface area contributed by atoms with E-state index in [1.165, 1.54) is 47.4 Å². The Morgan fingerprint density at radius 3 is 2.11 bits per heavy atom. The number of ether oxygens (including phenoxy) is 1. The molecular formula is C26H14Cl2FNO5. The van der Waals surface area contributed by atoms with Gasteiger partial charge in [0.1, 0.15) is 11.7 Å². The topological polar surface area (TPSA) is 80.8 Å². The quantitative estimate of drug-likeness (QED) is 0.363. The molecule has 0 bridgehead atoms. The first kappa shape index (κ1) is 21.9. The highest BCUT2D eigenvalue weighted by molar-refractivity contribution is 6.42. The van der Waals surface area contributed by atoms with Crippen LogP contribution in [0.15, 0.2) is 66.7 Å². The monoisotopic (exact) mass is 509 g/mol. The normalized spacial score (nSPS) is 24.2. The summed E-state index contributed by atoms with van der Waals surface area (Å²) in [5, 5.41) is 0.368. The Kier molecular flexibility index (Phi) is 4.69. The number of esters is 2. The first-order chi connectivity index (χ1) is 16.8. The molecule has 3 aromatic rings. The van der Waals surface area contributed by atoms with Gasteiger partial charge in [-0.05, 0) is 35.9 Å². The molecule has 0 radical (unpaired) electrons. The summed E-state index contributed by atoms with van der Waals surface area (Å²) in [4.78, 5) is 55.8. The van der Waals surface area contributed by atoms with E-state index in [1.54, 1.807) is 24.3 Å². The van der Waals surface area contributed by atoms with Gasteiger partial charge in [-0.2, -0.15) is 0 Å². The number of carbonyl (C=O) groups is 4. The van der Waals surface area contributed by atoms with E-state index in [2.05, 4.69) is 0 Å². The molecule has 3 aromatic carbocycles. The molecule has 0 amide bonds. The zero-order valence-corrected chi connectivity index (χ0v) is 19.2. The first-order valence-electron chi connectivity index (χ1n) is 10.7. The lowest BCUT2D eigenvalue weighted by Crippen LogP contribution is -2.59. The van der Waals surface area contributed by atoms with Crippen LogP contribution in [-0.2, 0) is 14.3 Å². The number of anilines is 1. The van der Waals surface area contributed by atoms with Crippen LogP contribution in [-0.4, -0.2) is 29.0 Å². The third kappa shape index (κ3) is 2.76. The number of benzene rings is 3. The van der Waals surface area contributed by atoms with Crippen LogP contribution in [0.1, 0.15) is 32.3 Å². The highest BCUT2D eigenvalue weighted by Gasteiger charge is 2.76. The minimum atomic E-state index is -2.12. The molecule has 0 aromatic heterocycles. The lowest BCUT2D eigenvalue weighted by molar-refractivity contribution is -0.154. The number of nitrogens with zero attached hydrogens (tertiary/aromatic N) is 1. The van der Waals surface area contributed by atoms with E-state index in [9.17, 15) is 23.6 Å². The molecule has 3 atom stereocenters. The second-order valence-corrected chi connectivity index (χ2v) is 9.50. The second kappa shape index (κ2) is 7.47. The number of halogens is 3. The number of Topliss-reactive ketones (excluding diaryl/α,β-unsaturated/α-hetero) is 2. The van der Waals surface area contributed by atoms with E-state index in [4.69, 9.17) is 27.9 Å². The maximum absolute atomic E-state index is 14.3. The Bertz CT molecular complexity index is 1450. The molecule has 3 aliphatic rings. The molecule has 2 fully saturated rings. The summed E-state index contributed by atoms with van der Waals surface area (Å²) >= 11 is 12.4. The number of cyclic esters (lactones) is 2. The third-order valence-corrected chi connectivity index (χ3v) is 7.75. The summed E-state index contributed by atoms with van der Waals surface area (Å²) in [6, 6.07) is 15.1. The van der Waals surface area contributed by atoms with E-state index < -0.39 is 52.7 Å². The van der Waals surface area contributed by atoms with Gasteiger partial charge >= 0.3 is 11.9 Å². The molecule has 2 aliphatic heterocycles. The fourth-order valence-corrected chi connectivity index (χ4v) is 6.02. The van der Waals surface area contributed by atoms with Crippen LogP contribution in [0.3, 0.4) is 0 Å². The van der Waals surface area contributed by atoms with Crippen molar-refractivity contribution in [3.05, 3.63) is 99.3 Å². The van der Waals surface area contributed by atoms with Crippen LogP contribution in [0, 0.1) is 17.7 Å². The number of rotatable bonds is 2. The summed E-state index contributed by atoms with van der Waals surface area (Å²) in [6.07, 6.45) is 0. The molecule has 2 saturated heterocycles. The summed E-state index contributed by atoms with van der Waals surface area (Å²) in [6.45, 7) is 0. The van der Waals surface area contributed by atoms with Gasteiger partial charge in [-0.1, -0.05) is 59.6 Å². The van der Waals surface area contributed by atoms with Crippen LogP contribution in [0.2, 0.25) is 10.0 Å². The highest BCUT2D eigenvalue weighted by Crippen LogP contribution is 2.60. The van der Waals surface area contributed by atoms with Gasteiger partial charge in [0.05, 0.1) is 22.0 Å². The first-order valence-corrected chi connectivity index (χ1v) is 11.5. The van der Waals surface area contributed by atoms with Crippen LogP contribution in [0.4, 0.5) is 10.1 Å². The van der Waals surface area contributed by atoms with Crippen molar-refractivity contribution in [1.82, 2.24) is 0 Å². The van der Waals surface area contributed by atoms with Gasteiger partial charge in [-0.15, -0.1) is 0 Å². The van der Waals surface area contributed by atoms with Crippen molar-refractivity contribution >= 4 is 52.4 Å². The fraction of sp³-hybridized carbons (Fsp3) is 0.154. The smallest absolute Gasteiger partial charge is 0.320 e. The van der Waals surface area contributed by atoms with E-state index in [1.807, 2.05) is 0 Å². The summed E-state index contributed by atoms with van der Waals surface area (Å²) < 4.78 is 19.3. The van der Waals surface area contributed by atoms with Crippen molar-refractivity contribution in [2.45, 2.75) is 11.6 Å². The van der Waals surface area contributed by atoms with Gasteiger partial charge in [0.15, 0.2) is 17.1 Å². The second-order valence-electron chi connectivity index (χ2n) is 8.68. The minimum absolute atomic E-state index is 0.133. The van der Waals surface area contributed by atoms with E-state index in [0.29, 0.717) is 5.56 Å². The van der Waals surface area contributed by atoms with Gasteiger partial charge < -0.3 is 9.64 Å². The average molecular weight is 510 g/mol. The van der Waals surface area contributed by atoms with E-state index in [-0.39, 0.29) is 26.9 Å². The lowest BCUT2D eigenvalue weighted by Gasteiger charge is -2.39. The average Bonchev–Trinajstić information content (AvgIpc) is 3.40. The van der Waals surface area contributed by atoms with Gasteiger partial charge in [0.25, 0.3) is 0 Å². The van der Waals surface area contributed by atoms with Crippen molar-refractivity contribution in [2.75, 3.05) is 4.90 Å².